The molecule has 0 fully saturated rings. The molecule has 0 amide bonds. The lowest BCUT2D eigenvalue weighted by atomic mass is 9.91. The van der Waals surface area contributed by atoms with Gasteiger partial charge in [0.05, 0.1) is 11.3 Å². The molecule has 0 spiro atoms. The summed E-state index contributed by atoms with van der Waals surface area (Å²) in [6.07, 6.45) is 0. The van der Waals surface area contributed by atoms with Gasteiger partial charge in [0.25, 0.3) is 0 Å². The van der Waals surface area contributed by atoms with Crippen LogP contribution < -0.4 is 0 Å². The fraction of sp³-hybridized carbons (Fsp3) is 0.263. The van der Waals surface area contributed by atoms with Crippen molar-refractivity contribution in [3.63, 3.8) is 0 Å². The van der Waals surface area contributed by atoms with Crippen LogP contribution in [0.3, 0.4) is 0 Å². The number of rotatable bonds is 3. The van der Waals surface area contributed by atoms with Gasteiger partial charge in [-0.3, -0.25) is 0 Å². The maximum absolute atomic E-state index is 12.0. The van der Waals surface area contributed by atoms with E-state index < -0.39 is 5.97 Å². The Bertz CT molecular complexity index is 665. The summed E-state index contributed by atoms with van der Waals surface area (Å²) in [6.45, 7) is 7.92. The smallest absolute Gasteiger partial charge is 0.313 e. The number of carbonyl (C=O) groups excluding carboxylic acids is 1. The normalized spacial score (nSPS) is 12.1. The summed E-state index contributed by atoms with van der Waals surface area (Å²) in [6, 6.07) is 17.3. The summed E-state index contributed by atoms with van der Waals surface area (Å²) >= 11 is 0. The predicted molar refractivity (Wildman–Crippen MR) is 89.9 cm³/mol. The highest BCUT2D eigenvalue weighted by Crippen LogP contribution is 2.20. The highest BCUT2D eigenvalue weighted by Gasteiger charge is 2.16. The minimum absolute atomic E-state index is 0.114. The van der Waals surface area contributed by atoms with E-state index in [2.05, 4.69) is 5.16 Å². The lowest BCUT2D eigenvalue weighted by Crippen LogP contribution is -2.17. The zero-order chi connectivity index (χ0) is 16.2. The summed E-state index contributed by atoms with van der Waals surface area (Å²) in [7, 11) is 0. The summed E-state index contributed by atoms with van der Waals surface area (Å²) in [5, 5.41) is 3.92. The fourth-order valence-corrected chi connectivity index (χ4v) is 1.73. The Hall–Kier alpha value is -2.42. The van der Waals surface area contributed by atoms with Crippen LogP contribution in [0, 0.1) is 5.41 Å². The van der Waals surface area contributed by atoms with Gasteiger partial charge in [-0.15, -0.1) is 0 Å². The monoisotopic (exact) mass is 295 g/mol. The molecule has 3 nitrogen and oxygen atoms in total. The van der Waals surface area contributed by atoms with Crippen LogP contribution in [0.1, 0.15) is 38.1 Å². The van der Waals surface area contributed by atoms with Gasteiger partial charge in [0.2, 0.25) is 0 Å². The molecule has 22 heavy (non-hydrogen) atoms. The molecule has 0 saturated heterocycles. The van der Waals surface area contributed by atoms with E-state index in [1.54, 1.807) is 12.1 Å². The molecule has 0 atom stereocenters. The highest BCUT2D eigenvalue weighted by molar-refractivity contribution is 5.92. The maximum atomic E-state index is 12.0. The van der Waals surface area contributed by atoms with E-state index in [0.717, 1.165) is 16.8 Å². The Morgan fingerprint density at radius 1 is 0.909 bits per heavy atom. The summed E-state index contributed by atoms with van der Waals surface area (Å²) < 4.78 is 0. The Labute approximate surface area is 131 Å². The minimum atomic E-state index is -0.441. The third kappa shape index (κ3) is 4.04. The molecule has 2 aromatic rings. The zero-order valence-corrected chi connectivity index (χ0v) is 13.5. The highest BCUT2D eigenvalue weighted by atomic mass is 16.7. The van der Waals surface area contributed by atoms with Crippen LogP contribution >= 0.6 is 0 Å². The van der Waals surface area contributed by atoms with Crippen LogP contribution in [0.15, 0.2) is 59.8 Å². The van der Waals surface area contributed by atoms with E-state index in [0.29, 0.717) is 5.56 Å². The Balaban J connectivity index is 2.09. The van der Waals surface area contributed by atoms with Crippen LogP contribution in [0.25, 0.3) is 11.1 Å². The second kappa shape index (κ2) is 6.56. The van der Waals surface area contributed by atoms with Gasteiger partial charge >= 0.3 is 5.97 Å². The van der Waals surface area contributed by atoms with E-state index >= 15 is 0 Å². The molecule has 0 heterocycles. The zero-order valence-electron chi connectivity index (χ0n) is 13.5. The first kappa shape index (κ1) is 16.0. The molecule has 0 unspecified atom stereocenters. The van der Waals surface area contributed by atoms with Gasteiger partial charge in [-0.1, -0.05) is 68.4 Å². The largest absolute Gasteiger partial charge is 0.365 e. The Kier molecular flexibility index (Phi) is 4.76. The van der Waals surface area contributed by atoms with Crippen LogP contribution in [0.4, 0.5) is 0 Å². The first-order valence-corrected chi connectivity index (χ1v) is 7.30. The topological polar surface area (TPSA) is 38.7 Å². The quantitative estimate of drug-likeness (QED) is 0.457. The van der Waals surface area contributed by atoms with Gasteiger partial charge in [-0.2, -0.15) is 0 Å². The van der Waals surface area contributed by atoms with Gasteiger partial charge < -0.3 is 4.84 Å². The molecule has 2 rings (SSSR count). The van der Waals surface area contributed by atoms with Gasteiger partial charge in [0, 0.05) is 5.41 Å². The third-order valence-electron chi connectivity index (χ3n) is 3.58. The number of oxime groups is 1. The molecule has 0 saturated carbocycles. The van der Waals surface area contributed by atoms with Crippen molar-refractivity contribution >= 4 is 11.7 Å². The summed E-state index contributed by atoms with van der Waals surface area (Å²) in [5.41, 5.74) is 3.33. The van der Waals surface area contributed by atoms with Crippen molar-refractivity contribution in [1.29, 1.82) is 0 Å². The van der Waals surface area contributed by atoms with Crippen LogP contribution in [0.2, 0.25) is 0 Å². The molecule has 0 bridgehead atoms. The van der Waals surface area contributed by atoms with Crippen molar-refractivity contribution in [2.24, 2.45) is 10.6 Å². The lowest BCUT2D eigenvalue weighted by molar-refractivity contribution is 0.0512. The first-order valence-electron chi connectivity index (χ1n) is 7.30. The molecule has 114 valence electrons. The summed E-state index contributed by atoms with van der Waals surface area (Å²) in [5.74, 6) is -0.441. The van der Waals surface area contributed by atoms with Crippen molar-refractivity contribution in [1.82, 2.24) is 0 Å². The number of benzene rings is 2. The molecule has 0 aromatic heterocycles. The van der Waals surface area contributed by atoms with Gasteiger partial charge in [0.1, 0.15) is 0 Å². The van der Waals surface area contributed by atoms with Crippen LogP contribution in [-0.2, 0) is 4.84 Å². The second-order valence-electron chi connectivity index (χ2n) is 6.25. The van der Waals surface area contributed by atoms with E-state index in [1.807, 2.05) is 70.2 Å². The molecule has 2 aromatic carbocycles. The maximum Gasteiger partial charge on any atom is 0.365 e. The molecular formula is C19H21NO2. The van der Waals surface area contributed by atoms with Crippen molar-refractivity contribution in [2.45, 2.75) is 27.7 Å². The predicted octanol–water partition coefficient (Wildman–Crippen LogP) is 4.93. The average molecular weight is 295 g/mol. The fourth-order valence-electron chi connectivity index (χ4n) is 1.73. The molecule has 0 aliphatic heterocycles. The van der Waals surface area contributed by atoms with Crippen LogP contribution in [-0.4, -0.2) is 11.7 Å². The van der Waals surface area contributed by atoms with Crippen molar-refractivity contribution in [2.75, 3.05) is 0 Å². The van der Waals surface area contributed by atoms with Crippen LogP contribution in [0.5, 0.6) is 0 Å². The van der Waals surface area contributed by atoms with E-state index in [4.69, 9.17) is 4.84 Å². The summed E-state index contributed by atoms with van der Waals surface area (Å²) in [4.78, 5) is 17.0. The number of nitrogens with zero attached hydrogens (tertiary/aromatic N) is 1. The van der Waals surface area contributed by atoms with Crippen molar-refractivity contribution < 1.29 is 9.63 Å². The Morgan fingerprint density at radius 3 is 2.00 bits per heavy atom. The standard InChI is InChI=1S/C19H21NO2/c1-14(19(2,3)4)20-22-18(21)17-12-10-16(11-13-17)15-8-6-5-7-9-15/h5-13H,1-4H3/b20-14-. The van der Waals surface area contributed by atoms with Gasteiger partial charge in [0.15, 0.2) is 0 Å². The second-order valence-corrected chi connectivity index (χ2v) is 6.25. The lowest BCUT2D eigenvalue weighted by Gasteiger charge is -2.16. The third-order valence-corrected chi connectivity index (χ3v) is 3.58. The molecule has 3 heteroatoms. The number of hydrogen-bond donors (Lipinski definition) is 0. The molecule has 0 N–H and O–H groups in total. The minimum Gasteiger partial charge on any atom is -0.313 e. The first-order chi connectivity index (χ1) is 10.4. The number of carbonyl (C=O) groups is 1. The SMILES string of the molecule is C/C(=N/OC(=O)c1ccc(-c2ccccc2)cc1)C(C)(C)C. The van der Waals surface area contributed by atoms with E-state index in [1.165, 1.54) is 0 Å². The van der Waals surface area contributed by atoms with Crippen molar-refractivity contribution in [3.8, 4) is 11.1 Å². The average Bonchev–Trinajstić information content (AvgIpc) is 2.52. The molecular weight excluding hydrogens is 274 g/mol. The Morgan fingerprint density at radius 2 is 1.45 bits per heavy atom. The van der Waals surface area contributed by atoms with E-state index in [-0.39, 0.29) is 5.41 Å². The molecule has 0 aliphatic carbocycles. The van der Waals surface area contributed by atoms with Crippen molar-refractivity contribution in [3.05, 3.63) is 60.2 Å². The number of hydrogen-bond acceptors (Lipinski definition) is 3. The molecule has 0 radical (unpaired) electrons. The van der Waals surface area contributed by atoms with Gasteiger partial charge in [-0.25, -0.2) is 4.79 Å². The van der Waals surface area contributed by atoms with Gasteiger partial charge in [-0.05, 0) is 30.2 Å². The molecule has 0 aliphatic rings. The van der Waals surface area contributed by atoms with E-state index in [9.17, 15) is 4.79 Å².